The Morgan fingerprint density at radius 1 is 1.12 bits per heavy atom. The standard InChI is InChI=1S/C27H33Cl2N7O3S/c1-15(2)40(37,38)26-23(14-36(5)34-26)31-25-20(28)12-30-27(33-25)32-22-10-16(3)19(11-24(22)39-17-6-7-17)18-8-9-35(4)13-21(18)29/h10-12,14-15,17H,6-9,13H2,1-5H3,(H2,30,31,32,33). The van der Waals surface area contributed by atoms with Crippen LogP contribution < -0.4 is 15.4 Å². The van der Waals surface area contributed by atoms with E-state index in [1.165, 1.54) is 10.9 Å². The van der Waals surface area contributed by atoms with Crippen LogP contribution in [0.4, 0.5) is 23.1 Å². The van der Waals surface area contributed by atoms with E-state index in [0.717, 1.165) is 59.8 Å². The third kappa shape index (κ3) is 6.07. The van der Waals surface area contributed by atoms with Gasteiger partial charge in [-0.1, -0.05) is 23.2 Å². The van der Waals surface area contributed by atoms with Gasteiger partial charge in [0.05, 0.1) is 28.9 Å². The maximum absolute atomic E-state index is 12.9. The predicted molar refractivity (Wildman–Crippen MR) is 159 cm³/mol. The second kappa shape index (κ2) is 11.2. The molecule has 3 heterocycles. The molecule has 1 aliphatic carbocycles. The Hall–Kier alpha value is -2.86. The summed E-state index contributed by atoms with van der Waals surface area (Å²) in [6.45, 7) is 6.93. The van der Waals surface area contributed by atoms with Crippen LogP contribution in [0.1, 0.15) is 44.2 Å². The molecule has 2 aromatic heterocycles. The fourth-order valence-electron chi connectivity index (χ4n) is 4.45. The number of nitrogens with one attached hydrogen (secondary N) is 2. The van der Waals surface area contributed by atoms with Crippen molar-refractivity contribution in [3.05, 3.63) is 45.7 Å². The van der Waals surface area contributed by atoms with Crippen molar-refractivity contribution in [2.45, 2.75) is 56.4 Å². The van der Waals surface area contributed by atoms with Crippen LogP contribution in [0.25, 0.3) is 5.57 Å². The van der Waals surface area contributed by atoms with Gasteiger partial charge in [-0.05, 0) is 75.9 Å². The van der Waals surface area contributed by atoms with Gasteiger partial charge >= 0.3 is 0 Å². The molecule has 3 aromatic rings. The van der Waals surface area contributed by atoms with Crippen molar-refractivity contribution in [2.24, 2.45) is 7.05 Å². The van der Waals surface area contributed by atoms with E-state index in [4.69, 9.17) is 27.9 Å². The summed E-state index contributed by atoms with van der Waals surface area (Å²) in [5.41, 5.74) is 4.27. The quantitative estimate of drug-likeness (QED) is 0.318. The first-order valence-electron chi connectivity index (χ1n) is 13.1. The van der Waals surface area contributed by atoms with E-state index in [1.54, 1.807) is 27.1 Å². The van der Waals surface area contributed by atoms with E-state index in [0.29, 0.717) is 5.75 Å². The van der Waals surface area contributed by atoms with Gasteiger partial charge in [0.25, 0.3) is 0 Å². The van der Waals surface area contributed by atoms with Crippen LogP contribution in [0.2, 0.25) is 5.02 Å². The zero-order chi connectivity index (χ0) is 28.8. The molecular formula is C27H33Cl2N7O3S. The molecule has 5 rings (SSSR count). The zero-order valence-corrected chi connectivity index (χ0v) is 25.5. The Balaban J connectivity index is 1.47. The molecule has 0 unspecified atom stereocenters. The molecule has 0 amide bonds. The smallest absolute Gasteiger partial charge is 0.229 e. The topological polar surface area (TPSA) is 114 Å². The lowest BCUT2D eigenvalue weighted by atomic mass is 9.94. The summed E-state index contributed by atoms with van der Waals surface area (Å²) in [6, 6.07) is 4.06. The number of likely N-dealkylation sites (N-methyl/N-ethyl adjacent to an activating group) is 1. The summed E-state index contributed by atoms with van der Waals surface area (Å²) in [7, 11) is 0.0740. The maximum Gasteiger partial charge on any atom is 0.229 e. The van der Waals surface area contributed by atoms with Crippen LogP contribution >= 0.6 is 23.2 Å². The molecule has 214 valence electrons. The zero-order valence-electron chi connectivity index (χ0n) is 23.1. The van der Waals surface area contributed by atoms with Crippen LogP contribution in [-0.2, 0) is 16.9 Å². The van der Waals surface area contributed by atoms with Gasteiger partial charge in [-0.2, -0.15) is 10.1 Å². The first-order chi connectivity index (χ1) is 18.9. The van der Waals surface area contributed by atoms with Gasteiger partial charge in [0, 0.05) is 31.4 Å². The minimum atomic E-state index is -3.64. The molecule has 2 aliphatic rings. The van der Waals surface area contributed by atoms with Crippen molar-refractivity contribution in [1.82, 2.24) is 24.6 Å². The van der Waals surface area contributed by atoms with Crippen LogP contribution in [-0.4, -0.2) is 64.6 Å². The molecule has 1 saturated carbocycles. The molecule has 40 heavy (non-hydrogen) atoms. The number of hydrogen-bond acceptors (Lipinski definition) is 9. The summed E-state index contributed by atoms with van der Waals surface area (Å²) < 4.78 is 33.5. The average Bonchev–Trinajstić information content (AvgIpc) is 3.62. The second-order valence-corrected chi connectivity index (χ2v) is 13.9. The number of hydrogen-bond donors (Lipinski definition) is 2. The molecule has 0 spiro atoms. The van der Waals surface area contributed by atoms with E-state index in [2.05, 4.69) is 37.6 Å². The maximum atomic E-state index is 12.9. The Kier molecular flexibility index (Phi) is 8.02. The Labute approximate surface area is 244 Å². The monoisotopic (exact) mass is 605 g/mol. The van der Waals surface area contributed by atoms with E-state index >= 15 is 0 Å². The lowest BCUT2D eigenvalue weighted by Gasteiger charge is -2.26. The summed E-state index contributed by atoms with van der Waals surface area (Å²) in [5, 5.41) is 10.8. The number of nitrogens with zero attached hydrogens (tertiary/aromatic N) is 5. The highest BCUT2D eigenvalue weighted by Crippen LogP contribution is 2.40. The first-order valence-corrected chi connectivity index (χ1v) is 15.4. The molecule has 10 nitrogen and oxygen atoms in total. The number of halogens is 2. The molecule has 0 atom stereocenters. The number of benzene rings is 1. The summed E-state index contributed by atoms with van der Waals surface area (Å²) in [5.74, 6) is 1.21. The van der Waals surface area contributed by atoms with Gasteiger partial charge in [0.1, 0.15) is 10.8 Å². The number of ether oxygens (including phenoxy) is 1. The van der Waals surface area contributed by atoms with Crippen molar-refractivity contribution < 1.29 is 13.2 Å². The molecule has 0 radical (unpaired) electrons. The summed E-state index contributed by atoms with van der Waals surface area (Å²) in [4.78, 5) is 11.1. The van der Waals surface area contributed by atoms with Gasteiger partial charge in [0.2, 0.25) is 20.8 Å². The predicted octanol–water partition coefficient (Wildman–Crippen LogP) is 5.67. The second-order valence-electron chi connectivity index (χ2n) is 10.6. The number of sulfone groups is 1. The third-order valence-electron chi connectivity index (χ3n) is 6.88. The molecule has 1 aromatic carbocycles. The van der Waals surface area contributed by atoms with Gasteiger partial charge in [-0.3, -0.25) is 4.68 Å². The van der Waals surface area contributed by atoms with Crippen LogP contribution in [0.3, 0.4) is 0 Å². The average molecular weight is 607 g/mol. The Morgan fingerprint density at radius 2 is 1.88 bits per heavy atom. The van der Waals surface area contributed by atoms with E-state index in [1.807, 2.05) is 19.1 Å². The van der Waals surface area contributed by atoms with E-state index < -0.39 is 15.1 Å². The summed E-state index contributed by atoms with van der Waals surface area (Å²) >= 11 is 13.1. The van der Waals surface area contributed by atoms with Crippen molar-refractivity contribution >= 4 is 61.8 Å². The van der Waals surface area contributed by atoms with Gasteiger partial charge < -0.3 is 20.3 Å². The molecule has 1 aliphatic heterocycles. The molecule has 0 bridgehead atoms. The van der Waals surface area contributed by atoms with E-state index in [-0.39, 0.29) is 33.6 Å². The highest BCUT2D eigenvalue weighted by molar-refractivity contribution is 7.92. The van der Waals surface area contributed by atoms with Crippen molar-refractivity contribution in [3.8, 4) is 5.75 Å². The Bertz CT molecular complexity index is 1580. The molecule has 1 fully saturated rings. The molecule has 13 heteroatoms. The van der Waals surface area contributed by atoms with Crippen molar-refractivity contribution in [3.63, 3.8) is 0 Å². The minimum Gasteiger partial charge on any atom is -0.488 e. The van der Waals surface area contributed by atoms with Crippen molar-refractivity contribution in [2.75, 3.05) is 30.8 Å². The van der Waals surface area contributed by atoms with Crippen LogP contribution in [0.15, 0.2) is 34.6 Å². The lowest BCUT2D eigenvalue weighted by Crippen LogP contribution is -2.26. The van der Waals surface area contributed by atoms with Gasteiger partial charge in [0.15, 0.2) is 5.82 Å². The fourth-order valence-corrected chi connectivity index (χ4v) is 6.09. The number of aromatic nitrogens is 4. The number of aryl methyl sites for hydroxylation is 2. The molecule has 0 saturated heterocycles. The highest BCUT2D eigenvalue weighted by Gasteiger charge is 2.28. The first kappa shape index (κ1) is 28.7. The fraction of sp³-hybridized carbons (Fsp3) is 0.444. The molecule has 2 N–H and O–H groups in total. The Morgan fingerprint density at radius 3 is 2.55 bits per heavy atom. The van der Waals surface area contributed by atoms with E-state index in [9.17, 15) is 8.42 Å². The van der Waals surface area contributed by atoms with Gasteiger partial charge in [-0.15, -0.1) is 0 Å². The molecular weight excluding hydrogens is 573 g/mol. The van der Waals surface area contributed by atoms with Gasteiger partial charge in [-0.25, -0.2) is 13.4 Å². The lowest BCUT2D eigenvalue weighted by molar-refractivity contribution is 0.304. The summed E-state index contributed by atoms with van der Waals surface area (Å²) in [6.07, 6.45) is 6.09. The van der Waals surface area contributed by atoms with Crippen LogP contribution in [0, 0.1) is 6.92 Å². The third-order valence-corrected chi connectivity index (χ3v) is 9.58. The highest BCUT2D eigenvalue weighted by atomic mass is 35.5. The number of rotatable bonds is 9. The van der Waals surface area contributed by atoms with Crippen molar-refractivity contribution in [1.29, 1.82) is 0 Å². The minimum absolute atomic E-state index is 0.0672. The largest absolute Gasteiger partial charge is 0.488 e. The van der Waals surface area contributed by atoms with Crippen LogP contribution in [0.5, 0.6) is 5.75 Å². The normalized spacial score (nSPS) is 16.5. The number of anilines is 4. The SMILES string of the molecule is Cc1cc(Nc2ncc(Cl)c(Nc3cn(C)nc3S(=O)(=O)C(C)C)n2)c(OC2CC2)cc1C1=C(Cl)CN(C)CC1.